The monoisotopic (exact) mass is 357 g/mol. The molecule has 6 heteroatoms. The molecule has 2 aliphatic heterocycles. The zero-order chi connectivity index (χ0) is 17.2. The van der Waals surface area contributed by atoms with Crippen LogP contribution in [0.25, 0.3) is 10.1 Å². The number of benzene rings is 1. The molecule has 2 aromatic rings. The van der Waals surface area contributed by atoms with Crippen molar-refractivity contribution >= 4 is 33.4 Å². The first-order valence-corrected chi connectivity index (χ1v) is 9.91. The van der Waals surface area contributed by atoms with Crippen molar-refractivity contribution in [2.24, 2.45) is 0 Å². The van der Waals surface area contributed by atoms with E-state index in [9.17, 15) is 9.59 Å². The minimum atomic E-state index is 0.0857. The number of carbonyl (C=O) groups is 2. The maximum atomic E-state index is 12.9. The number of carbonyl (C=O) groups excluding carboxylic acids is 2. The fourth-order valence-corrected chi connectivity index (χ4v) is 4.63. The standard InChI is InChI=1S/C19H23N3O2S/c23-18(16-14-25-17-7-3-2-6-15(16)17)20-10-12-22(13-11-20)19(24)21-8-4-1-5-9-21/h2-3,6-7,14H,1,4-5,8-13H2. The summed E-state index contributed by atoms with van der Waals surface area (Å²) >= 11 is 1.61. The van der Waals surface area contributed by atoms with Gasteiger partial charge in [-0.1, -0.05) is 18.2 Å². The number of rotatable bonds is 1. The molecule has 0 aliphatic carbocycles. The van der Waals surface area contributed by atoms with Gasteiger partial charge in [-0.15, -0.1) is 11.3 Å². The average Bonchev–Trinajstić information content (AvgIpc) is 3.12. The molecule has 2 fully saturated rings. The molecule has 0 spiro atoms. The van der Waals surface area contributed by atoms with Crippen molar-refractivity contribution in [1.29, 1.82) is 0 Å². The second kappa shape index (κ2) is 7.04. The van der Waals surface area contributed by atoms with Crippen LogP contribution in [0.5, 0.6) is 0 Å². The Morgan fingerprint density at radius 3 is 2.20 bits per heavy atom. The van der Waals surface area contributed by atoms with E-state index in [-0.39, 0.29) is 11.9 Å². The number of piperidine rings is 1. The Hall–Kier alpha value is -2.08. The molecular formula is C19H23N3O2S. The maximum Gasteiger partial charge on any atom is 0.320 e. The molecule has 0 bridgehead atoms. The van der Waals surface area contributed by atoms with Gasteiger partial charge in [-0.2, -0.15) is 0 Å². The van der Waals surface area contributed by atoms with Crippen LogP contribution in [0.4, 0.5) is 4.79 Å². The highest BCUT2D eigenvalue weighted by Crippen LogP contribution is 2.27. The highest BCUT2D eigenvalue weighted by molar-refractivity contribution is 7.17. The number of piperazine rings is 1. The van der Waals surface area contributed by atoms with E-state index >= 15 is 0 Å². The zero-order valence-corrected chi connectivity index (χ0v) is 15.1. The van der Waals surface area contributed by atoms with Gasteiger partial charge in [-0.05, 0) is 25.3 Å². The fraction of sp³-hybridized carbons (Fsp3) is 0.474. The molecule has 1 aromatic heterocycles. The summed E-state index contributed by atoms with van der Waals surface area (Å²) in [4.78, 5) is 31.2. The number of fused-ring (bicyclic) bond motifs is 1. The van der Waals surface area contributed by atoms with Crippen LogP contribution in [0, 0.1) is 0 Å². The van der Waals surface area contributed by atoms with E-state index in [1.54, 1.807) is 11.3 Å². The van der Waals surface area contributed by atoms with Gasteiger partial charge in [0.05, 0.1) is 5.56 Å². The lowest BCUT2D eigenvalue weighted by Gasteiger charge is -2.38. The van der Waals surface area contributed by atoms with Crippen LogP contribution >= 0.6 is 11.3 Å². The molecule has 2 aliphatic rings. The lowest BCUT2D eigenvalue weighted by molar-refractivity contribution is 0.0635. The molecule has 0 radical (unpaired) electrons. The number of thiophene rings is 1. The van der Waals surface area contributed by atoms with E-state index < -0.39 is 0 Å². The van der Waals surface area contributed by atoms with Crippen molar-refractivity contribution in [1.82, 2.24) is 14.7 Å². The zero-order valence-electron chi connectivity index (χ0n) is 14.3. The Labute approximate surface area is 151 Å². The van der Waals surface area contributed by atoms with E-state index in [1.807, 2.05) is 44.3 Å². The summed E-state index contributed by atoms with van der Waals surface area (Å²) in [6.07, 6.45) is 3.44. The largest absolute Gasteiger partial charge is 0.335 e. The summed E-state index contributed by atoms with van der Waals surface area (Å²) in [5, 5.41) is 2.99. The third kappa shape index (κ3) is 3.23. The minimum Gasteiger partial charge on any atom is -0.335 e. The van der Waals surface area contributed by atoms with Gasteiger partial charge >= 0.3 is 6.03 Å². The van der Waals surface area contributed by atoms with Gasteiger partial charge in [0.2, 0.25) is 0 Å². The van der Waals surface area contributed by atoms with Gasteiger partial charge in [0.25, 0.3) is 5.91 Å². The molecule has 0 atom stereocenters. The molecule has 2 saturated heterocycles. The normalized spacial score (nSPS) is 18.6. The molecule has 25 heavy (non-hydrogen) atoms. The molecule has 0 N–H and O–H groups in total. The van der Waals surface area contributed by atoms with E-state index in [0.717, 1.165) is 41.6 Å². The number of amides is 3. The van der Waals surface area contributed by atoms with Gasteiger partial charge in [0.1, 0.15) is 0 Å². The SMILES string of the molecule is O=C(c1csc2ccccc12)N1CCN(C(=O)N2CCCCC2)CC1. The van der Waals surface area contributed by atoms with Crippen molar-refractivity contribution < 1.29 is 9.59 Å². The molecule has 3 amide bonds. The summed E-state index contributed by atoms with van der Waals surface area (Å²) in [7, 11) is 0. The van der Waals surface area contributed by atoms with Crippen LogP contribution < -0.4 is 0 Å². The Morgan fingerprint density at radius 2 is 1.44 bits per heavy atom. The summed E-state index contributed by atoms with van der Waals surface area (Å²) in [6.45, 7) is 4.23. The van der Waals surface area contributed by atoms with Crippen LogP contribution in [-0.2, 0) is 0 Å². The Balaban J connectivity index is 1.39. The highest BCUT2D eigenvalue weighted by Gasteiger charge is 2.28. The molecule has 0 unspecified atom stereocenters. The second-order valence-electron chi connectivity index (χ2n) is 6.76. The first kappa shape index (κ1) is 16.4. The first-order valence-electron chi connectivity index (χ1n) is 9.03. The molecule has 1 aromatic carbocycles. The average molecular weight is 357 g/mol. The summed E-state index contributed by atoms with van der Waals surface area (Å²) < 4.78 is 1.14. The number of hydrogen-bond donors (Lipinski definition) is 0. The first-order chi connectivity index (χ1) is 12.2. The second-order valence-corrected chi connectivity index (χ2v) is 7.67. The summed E-state index contributed by atoms with van der Waals surface area (Å²) in [5.74, 6) is 0.0857. The van der Waals surface area contributed by atoms with E-state index in [4.69, 9.17) is 0 Å². The van der Waals surface area contributed by atoms with Crippen LogP contribution in [0.2, 0.25) is 0 Å². The molecule has 5 nitrogen and oxygen atoms in total. The third-order valence-electron chi connectivity index (χ3n) is 5.18. The van der Waals surface area contributed by atoms with E-state index in [0.29, 0.717) is 26.2 Å². The number of likely N-dealkylation sites (tertiary alicyclic amines) is 1. The lowest BCUT2D eigenvalue weighted by atomic mass is 10.1. The van der Waals surface area contributed by atoms with Crippen molar-refractivity contribution in [3.8, 4) is 0 Å². The third-order valence-corrected chi connectivity index (χ3v) is 6.14. The molecule has 0 saturated carbocycles. The molecular weight excluding hydrogens is 334 g/mol. The predicted octanol–water partition coefficient (Wildman–Crippen LogP) is 3.27. The number of urea groups is 1. The Kier molecular flexibility index (Phi) is 4.61. The Bertz CT molecular complexity index is 774. The number of nitrogens with zero attached hydrogens (tertiary/aromatic N) is 3. The fourth-order valence-electron chi connectivity index (χ4n) is 3.70. The van der Waals surface area contributed by atoms with Gasteiger partial charge in [-0.25, -0.2) is 4.79 Å². The quantitative estimate of drug-likeness (QED) is 0.786. The summed E-state index contributed by atoms with van der Waals surface area (Å²) in [5.41, 5.74) is 0.788. The minimum absolute atomic E-state index is 0.0857. The van der Waals surface area contributed by atoms with Gasteiger partial charge in [-0.3, -0.25) is 4.79 Å². The van der Waals surface area contributed by atoms with Gasteiger partial charge < -0.3 is 14.7 Å². The Morgan fingerprint density at radius 1 is 0.800 bits per heavy atom. The molecule has 4 rings (SSSR count). The van der Waals surface area contributed by atoms with Gasteiger partial charge in [0.15, 0.2) is 0 Å². The topological polar surface area (TPSA) is 43.9 Å². The van der Waals surface area contributed by atoms with E-state index in [1.165, 1.54) is 6.42 Å². The highest BCUT2D eigenvalue weighted by atomic mass is 32.1. The molecule has 3 heterocycles. The predicted molar refractivity (Wildman–Crippen MR) is 100 cm³/mol. The van der Waals surface area contributed by atoms with Crippen LogP contribution in [-0.4, -0.2) is 65.9 Å². The van der Waals surface area contributed by atoms with Crippen molar-refractivity contribution in [2.45, 2.75) is 19.3 Å². The smallest absolute Gasteiger partial charge is 0.320 e. The molecule has 132 valence electrons. The maximum absolute atomic E-state index is 12.9. The van der Waals surface area contributed by atoms with E-state index in [2.05, 4.69) is 0 Å². The van der Waals surface area contributed by atoms with Crippen LogP contribution in [0.1, 0.15) is 29.6 Å². The lowest BCUT2D eigenvalue weighted by Crippen LogP contribution is -2.54. The summed E-state index contributed by atoms with van der Waals surface area (Å²) in [6, 6.07) is 8.17. The van der Waals surface area contributed by atoms with Gasteiger partial charge in [0, 0.05) is 54.7 Å². The van der Waals surface area contributed by atoms with Crippen molar-refractivity contribution in [2.75, 3.05) is 39.3 Å². The number of hydrogen-bond acceptors (Lipinski definition) is 3. The van der Waals surface area contributed by atoms with Crippen molar-refractivity contribution in [3.63, 3.8) is 0 Å². The van der Waals surface area contributed by atoms with Crippen LogP contribution in [0.15, 0.2) is 29.6 Å². The van der Waals surface area contributed by atoms with Crippen LogP contribution in [0.3, 0.4) is 0 Å². The van der Waals surface area contributed by atoms with Crippen molar-refractivity contribution in [3.05, 3.63) is 35.2 Å².